The van der Waals surface area contributed by atoms with E-state index >= 15 is 0 Å². The number of H-pyrrole nitrogens is 1. The quantitative estimate of drug-likeness (QED) is 0.00342. The van der Waals surface area contributed by atoms with Crippen LogP contribution in [0.25, 0.3) is 0 Å². The molecule has 6 aromatic rings. The number of guanidine groups is 2. The number of nitrogens with one attached hydrogen (secondary N) is 9. The number of phenolic OH excluding ortho intramolecular Hbond substituents is 2. The highest BCUT2D eigenvalue weighted by Gasteiger charge is 2.41. The van der Waals surface area contributed by atoms with Crippen LogP contribution in [-0.2, 0) is 88.1 Å². The third-order valence-corrected chi connectivity index (χ3v) is 24.8. The van der Waals surface area contributed by atoms with E-state index in [4.69, 9.17) is 16.2 Å². The fourth-order valence-corrected chi connectivity index (χ4v) is 16.2. The average molecular weight is 1960 g/mol. The molecule has 1 aliphatic heterocycles. The number of esters is 1. The van der Waals surface area contributed by atoms with Crippen LogP contribution in [0.3, 0.4) is 0 Å². The van der Waals surface area contributed by atoms with Crippen molar-refractivity contribution in [3.8, 4) is 11.5 Å². The predicted octanol–water partition coefficient (Wildman–Crippen LogP) is 7.16. The highest BCUT2D eigenvalue weighted by molar-refractivity contribution is 6.01. The number of aromatic nitrogens is 2. The van der Waals surface area contributed by atoms with Gasteiger partial charge in [0.25, 0.3) is 11.9 Å². The number of nitrogens with zero attached hydrogens (tertiary/aromatic N) is 8. The van der Waals surface area contributed by atoms with Gasteiger partial charge in [-0.25, -0.2) is 30.0 Å². The van der Waals surface area contributed by atoms with E-state index in [1.165, 1.54) is 47.3 Å². The number of carbonyl (C=O) groups excluding carboxylic acids is 14. The zero-order chi connectivity index (χ0) is 104. The van der Waals surface area contributed by atoms with Gasteiger partial charge in [0.05, 0.1) is 62.7 Å². The second kappa shape index (κ2) is 59.2. The van der Waals surface area contributed by atoms with Gasteiger partial charge < -0.3 is 78.8 Å². The van der Waals surface area contributed by atoms with Crippen molar-refractivity contribution in [3.05, 3.63) is 218 Å². The Morgan fingerprint density at radius 3 is 1.33 bits per heavy atom. The molecule has 40 heteroatoms. The molecule has 1 saturated heterocycles. The summed E-state index contributed by atoms with van der Waals surface area (Å²) in [5.74, 6) is -12.0. The number of Topliss-reactive ketones (excluding diaryl/α,β-unsaturated/α-hetero) is 7. The number of aromatic hydroxyl groups is 2. The number of benzene rings is 5. The molecule has 6 amide bonds. The third-order valence-electron chi connectivity index (χ3n) is 24.8. The van der Waals surface area contributed by atoms with E-state index in [2.05, 4.69) is 69.3 Å². The van der Waals surface area contributed by atoms with Crippen LogP contribution in [0.4, 0.5) is 0 Å². The van der Waals surface area contributed by atoms with E-state index in [0.29, 0.717) is 65.9 Å². The molecular formula is C101H139N19O21. The summed E-state index contributed by atoms with van der Waals surface area (Å²) >= 11 is 0. The van der Waals surface area contributed by atoms with Gasteiger partial charge in [-0.3, -0.25) is 72.1 Å². The van der Waals surface area contributed by atoms with Crippen LogP contribution in [0, 0.1) is 67.6 Å². The molecule has 7 rings (SSSR count). The lowest BCUT2D eigenvalue weighted by atomic mass is 9.82. The maximum atomic E-state index is 14.9. The van der Waals surface area contributed by atoms with Crippen LogP contribution >= 0.6 is 0 Å². The number of phenols is 2. The summed E-state index contributed by atoms with van der Waals surface area (Å²) < 4.78 is 5.53. The Morgan fingerprint density at radius 2 is 0.922 bits per heavy atom. The minimum Gasteiger partial charge on any atom is -0.508 e. The van der Waals surface area contributed by atoms with Crippen molar-refractivity contribution in [1.29, 1.82) is 0 Å². The van der Waals surface area contributed by atoms with E-state index in [-0.39, 0.29) is 163 Å². The van der Waals surface area contributed by atoms with Crippen LogP contribution in [0.15, 0.2) is 175 Å². The molecule has 40 nitrogen and oxygen atoms in total. The molecule has 0 saturated carbocycles. The Kier molecular flexibility index (Phi) is 48.5. The summed E-state index contributed by atoms with van der Waals surface area (Å²) in [6, 6.07) is 31.7. The number of carbonyl (C=O) groups is 14. The fourth-order valence-electron chi connectivity index (χ4n) is 16.2. The molecule has 2 unspecified atom stereocenters. The van der Waals surface area contributed by atoms with Crippen molar-refractivity contribution in [2.24, 2.45) is 69.0 Å². The van der Waals surface area contributed by atoms with Crippen molar-refractivity contribution in [2.75, 3.05) is 59.9 Å². The van der Waals surface area contributed by atoms with E-state index < -0.39 is 159 Å². The fraction of sp³-hybridized carbons (Fsp3) is 0.495. The highest BCUT2D eigenvalue weighted by atomic mass is 16.7. The Labute approximate surface area is 822 Å². The number of nitro groups is 2. The number of imidazole rings is 1. The number of likely N-dealkylation sites (N-methyl/N-ethyl adjacent to an activating group) is 2. The molecule has 5 aromatic carbocycles. The summed E-state index contributed by atoms with van der Waals surface area (Å²) in [7, 11) is 3.17. The van der Waals surface area contributed by atoms with Crippen molar-refractivity contribution in [3.63, 3.8) is 0 Å². The number of ether oxygens (including phenoxy) is 1. The number of ketones is 7. The monoisotopic (exact) mass is 1950 g/mol. The molecule has 1 fully saturated rings. The van der Waals surface area contributed by atoms with Crippen LogP contribution in [0.5, 0.6) is 11.5 Å². The second-order valence-corrected chi connectivity index (χ2v) is 36.6. The van der Waals surface area contributed by atoms with Gasteiger partial charge in [0.15, 0.2) is 44.8 Å². The van der Waals surface area contributed by atoms with Crippen molar-refractivity contribution in [1.82, 2.24) is 67.2 Å². The average Bonchev–Trinajstić information content (AvgIpc) is 1.79. The molecule has 0 aliphatic carbocycles. The molecule has 15 N–H and O–H groups in total. The number of hydrogen-bond donors (Lipinski definition) is 13. The zero-order valence-electron chi connectivity index (χ0n) is 82.4. The number of hydrazone groups is 2. The van der Waals surface area contributed by atoms with Crippen LogP contribution in [-0.4, -0.2) is 241 Å². The van der Waals surface area contributed by atoms with Gasteiger partial charge >= 0.3 is 5.97 Å². The number of nitrogens with two attached hydrogens (primary N) is 2. The Hall–Kier alpha value is -14.3. The number of amides is 6. The van der Waals surface area contributed by atoms with Gasteiger partial charge in [0.1, 0.15) is 46.2 Å². The third kappa shape index (κ3) is 40.6. The Balaban J connectivity index is 0.000000471. The molecule has 0 radical (unpaired) electrons. The SMILES string of the molecule is C=C(N[C@H](C)C(=O)OCc1ccccc1)[C@@H]1CCCN1C(=O)[C@H](Cc1cnc[nH]1)NC(=O)[C@@H](CC(=O)[C@H](Cc1ccc(O)cc1)NC(=O)[C@@H](CC(=O)[C@H](CCCN/C(N)=N\[N+](=O)[O-])NC(=O)CN(C)CC(=O)c1ccccc1)C(C)C)C(C)CC.CCC(C)[C@H](CC(=O)[C@H](Cc1ccc(O)cc1)NC(=O)[C@@H](CC(=O)[C@H](CCCN/C(N)=N\[N+](=O)[O-])NC(=O)CN(C)CC(=O)c1ccccc1)C(C)C)C(C)=O. The first-order valence-electron chi connectivity index (χ1n) is 47.5. The maximum absolute atomic E-state index is 14.9. The molecule has 13 atom stereocenters. The number of aromatic amines is 1. The van der Waals surface area contributed by atoms with Gasteiger partial charge in [0, 0.05) is 104 Å². The predicted molar refractivity (Wildman–Crippen MR) is 528 cm³/mol. The van der Waals surface area contributed by atoms with Gasteiger partial charge in [-0.2, -0.15) is 0 Å². The number of hydrogen-bond acceptors (Lipinski definition) is 25. The molecular weight excluding hydrogens is 1820 g/mol. The summed E-state index contributed by atoms with van der Waals surface area (Å²) in [5, 5.41) is 68.0. The number of likely N-dealkylation sites (tertiary alicyclic amines) is 1. The Morgan fingerprint density at radius 1 is 0.525 bits per heavy atom. The van der Waals surface area contributed by atoms with Crippen LogP contribution in [0.1, 0.15) is 189 Å². The molecule has 1 aromatic heterocycles. The summed E-state index contributed by atoms with van der Waals surface area (Å²) in [5.41, 5.74) is 15.1. The first-order chi connectivity index (χ1) is 66.9. The molecule has 141 heavy (non-hydrogen) atoms. The number of rotatable bonds is 60. The highest BCUT2D eigenvalue weighted by Crippen LogP contribution is 2.30. The van der Waals surface area contributed by atoms with Crippen LogP contribution < -0.4 is 54.0 Å². The van der Waals surface area contributed by atoms with Crippen molar-refractivity contribution >= 4 is 93.8 Å². The van der Waals surface area contributed by atoms with Gasteiger partial charge in [-0.1, -0.05) is 190 Å². The molecule has 1 aliphatic rings. The second-order valence-electron chi connectivity index (χ2n) is 36.6. The lowest BCUT2D eigenvalue weighted by Crippen LogP contribution is -2.54. The maximum Gasteiger partial charge on any atom is 0.328 e. The molecule has 764 valence electrons. The normalized spacial score (nSPS) is 15.1. The van der Waals surface area contributed by atoms with Crippen molar-refractivity contribution < 1.29 is 92.1 Å². The first-order valence-corrected chi connectivity index (χ1v) is 47.5. The lowest BCUT2D eigenvalue weighted by Gasteiger charge is -2.32. The Bertz CT molecular complexity index is 5220. The summed E-state index contributed by atoms with van der Waals surface area (Å²) in [4.78, 5) is 226. The van der Waals surface area contributed by atoms with Crippen molar-refractivity contribution in [2.45, 2.75) is 214 Å². The summed E-state index contributed by atoms with van der Waals surface area (Å²) in [6.07, 6.45) is 4.68. The standard InChI is InChI=1S/C61H82N12O12.C40H57N7O9/c1-8-39(4)48(58(80)69-51(30-45-33-63-37-65-45)59(81)72-28-16-22-52(72)40(5)66-41(6)60(82)85-36-43-17-11-9-12-18-43)32-54(76)50(29-42-23-25-46(74)26-24-42)68-57(79)47(38(2)3)31-53(75)49(21-15-27-64-61(62)70-73(83)84)67-56(78)35-71(7)34-55(77)44-19-13-10-14-20-44;1-7-26(4)32(27(5)48)22-36(51)34(20-28-15-17-30(49)18-16-28)44-39(54)31(25(2)3)21-35(50)33(14-11-19-42-40(41)45-47(55)56)43-38(53)24-46(6)23-37(52)29-12-9-8-10-13-29/h9-14,17-20,23-26,33,37-39,41,47-52,66,74H,5,8,15-16,21-22,27-32,34-36H2,1-4,6-7H3,(H,63,65)(H,67,78)(H,68,79)(H,69,80)(H3,62,64,70);8-10,12-13,15-18,25-26,31-34,49H,7,11,14,19-24H2,1-6H3,(H,43,53)(H,44,54)(H3,41,42,45)/t39?,41-,47+,48+,49+,50+,51+,52+;26?,31-,32-,33-,34-/m10/s1. The van der Waals surface area contributed by atoms with E-state index in [0.717, 1.165) is 5.56 Å². The topological polar surface area (TPSA) is 586 Å². The van der Waals surface area contributed by atoms with Crippen LogP contribution in [0.2, 0.25) is 0 Å². The smallest absolute Gasteiger partial charge is 0.328 e. The minimum absolute atomic E-state index is 0.0100. The molecule has 2 heterocycles. The largest absolute Gasteiger partial charge is 0.508 e. The van der Waals surface area contributed by atoms with E-state index in [1.807, 2.05) is 58.0 Å². The minimum atomic E-state index is -1.25. The lowest BCUT2D eigenvalue weighted by molar-refractivity contribution is -0.485. The van der Waals surface area contributed by atoms with Gasteiger partial charge in [0.2, 0.25) is 35.4 Å². The molecule has 0 spiro atoms. The van der Waals surface area contributed by atoms with Gasteiger partial charge in [-0.15, -0.1) is 0 Å². The van der Waals surface area contributed by atoms with Gasteiger partial charge in [-0.05, 0) is 144 Å². The first kappa shape index (κ1) is 115. The summed E-state index contributed by atoms with van der Waals surface area (Å²) in [6.45, 7) is 21.7. The van der Waals surface area contributed by atoms with E-state index in [1.54, 1.807) is 145 Å². The van der Waals surface area contributed by atoms with E-state index in [9.17, 15) is 97.6 Å². The molecule has 0 bridgehead atoms. The zero-order valence-corrected chi connectivity index (χ0v) is 82.4.